The normalized spacial score (nSPS) is 21.6. The van der Waals surface area contributed by atoms with Crippen LogP contribution >= 0.6 is 0 Å². The zero-order chi connectivity index (χ0) is 15.1. The van der Waals surface area contributed by atoms with Crippen molar-refractivity contribution in [1.29, 1.82) is 0 Å². The van der Waals surface area contributed by atoms with Gasteiger partial charge in [0.2, 0.25) is 0 Å². The van der Waals surface area contributed by atoms with Crippen molar-refractivity contribution in [2.45, 2.75) is 19.8 Å². The first-order valence-electron chi connectivity index (χ1n) is 6.31. The zero-order valence-electron chi connectivity index (χ0n) is 11.3. The molecule has 0 radical (unpaired) electrons. The Morgan fingerprint density at radius 2 is 2.05 bits per heavy atom. The van der Waals surface area contributed by atoms with Gasteiger partial charge in [0.25, 0.3) is 0 Å². The van der Waals surface area contributed by atoms with Crippen LogP contribution in [0.4, 0.5) is 0 Å². The maximum atomic E-state index is 11.9. The van der Waals surface area contributed by atoms with Gasteiger partial charge in [-0.2, -0.15) is 0 Å². The molecule has 0 bridgehead atoms. The van der Waals surface area contributed by atoms with Crippen molar-refractivity contribution in [3.8, 4) is 0 Å². The van der Waals surface area contributed by atoms with Crippen LogP contribution < -0.4 is 0 Å². The van der Waals surface area contributed by atoms with Gasteiger partial charge in [0, 0.05) is 6.08 Å². The number of ether oxygens (including phenoxy) is 2. The molecule has 0 saturated heterocycles. The summed E-state index contributed by atoms with van der Waals surface area (Å²) in [6.45, 7) is 4.90. The average Bonchev–Trinajstić information content (AvgIpc) is 2.42. The Morgan fingerprint density at radius 1 is 1.40 bits per heavy atom. The lowest BCUT2D eigenvalue weighted by Gasteiger charge is -2.25. The second-order valence-corrected chi connectivity index (χ2v) is 4.56. The number of rotatable bonds is 6. The molecule has 0 heterocycles. The van der Waals surface area contributed by atoms with Gasteiger partial charge >= 0.3 is 17.9 Å². The number of allylic oxidation sites excluding steroid dienone is 1. The standard InChI is InChI=1S/C14H18O6/c1-3-12(15)19-6-7-20-14(18)10-5-4-9(2)8-11(10)13(16)17/h3,8,10-11H,1,4-7H2,2H3,(H,16,17). The van der Waals surface area contributed by atoms with E-state index in [4.69, 9.17) is 9.84 Å². The summed E-state index contributed by atoms with van der Waals surface area (Å²) in [7, 11) is 0. The molecule has 0 spiro atoms. The van der Waals surface area contributed by atoms with Gasteiger partial charge in [0.15, 0.2) is 0 Å². The summed E-state index contributed by atoms with van der Waals surface area (Å²) in [6.07, 6.45) is 3.73. The van der Waals surface area contributed by atoms with E-state index in [1.165, 1.54) is 0 Å². The number of carbonyl (C=O) groups excluding carboxylic acids is 2. The summed E-state index contributed by atoms with van der Waals surface area (Å²) in [5.74, 6) is -3.75. The van der Waals surface area contributed by atoms with Gasteiger partial charge in [-0.05, 0) is 19.8 Å². The fraction of sp³-hybridized carbons (Fsp3) is 0.500. The van der Waals surface area contributed by atoms with E-state index in [1.807, 2.05) is 6.92 Å². The lowest BCUT2D eigenvalue weighted by atomic mass is 9.81. The molecule has 0 fully saturated rings. The molecule has 0 aromatic heterocycles. The van der Waals surface area contributed by atoms with Gasteiger partial charge < -0.3 is 14.6 Å². The molecule has 1 N–H and O–H groups in total. The molecule has 6 heteroatoms. The van der Waals surface area contributed by atoms with E-state index in [9.17, 15) is 14.4 Å². The van der Waals surface area contributed by atoms with Gasteiger partial charge in [0.1, 0.15) is 13.2 Å². The van der Waals surface area contributed by atoms with Crippen LogP contribution in [0.1, 0.15) is 19.8 Å². The Hall–Kier alpha value is -2.11. The molecule has 20 heavy (non-hydrogen) atoms. The van der Waals surface area contributed by atoms with Gasteiger partial charge in [-0.1, -0.05) is 18.2 Å². The summed E-state index contributed by atoms with van der Waals surface area (Å²) in [5.41, 5.74) is 0.960. The molecule has 1 aliphatic rings. The smallest absolute Gasteiger partial charge is 0.330 e. The maximum Gasteiger partial charge on any atom is 0.330 e. The number of aliphatic carboxylic acids is 1. The van der Waals surface area contributed by atoms with Gasteiger partial charge in [-0.25, -0.2) is 4.79 Å². The quantitative estimate of drug-likeness (QED) is 0.342. The van der Waals surface area contributed by atoms with Crippen LogP contribution in [0.2, 0.25) is 0 Å². The second kappa shape index (κ2) is 7.47. The molecule has 2 unspecified atom stereocenters. The summed E-state index contributed by atoms with van der Waals surface area (Å²) >= 11 is 0. The SMILES string of the molecule is C=CC(=O)OCCOC(=O)C1CCC(C)=CC1C(=O)O. The van der Waals surface area contributed by atoms with E-state index in [-0.39, 0.29) is 13.2 Å². The molecule has 6 nitrogen and oxygen atoms in total. The highest BCUT2D eigenvalue weighted by Crippen LogP contribution is 2.29. The fourth-order valence-corrected chi connectivity index (χ4v) is 2.03. The number of esters is 2. The van der Waals surface area contributed by atoms with Crippen molar-refractivity contribution in [1.82, 2.24) is 0 Å². The Bertz CT molecular complexity index is 437. The third-order valence-electron chi connectivity index (χ3n) is 3.07. The van der Waals surface area contributed by atoms with E-state index in [0.29, 0.717) is 12.8 Å². The fourth-order valence-electron chi connectivity index (χ4n) is 2.03. The van der Waals surface area contributed by atoms with Crippen molar-refractivity contribution in [2.24, 2.45) is 11.8 Å². The minimum atomic E-state index is -1.04. The van der Waals surface area contributed by atoms with Crippen LogP contribution in [-0.2, 0) is 23.9 Å². The molecule has 0 amide bonds. The molecule has 0 aromatic rings. The third kappa shape index (κ3) is 4.53. The summed E-state index contributed by atoms with van der Waals surface area (Å²) in [5, 5.41) is 9.12. The monoisotopic (exact) mass is 282 g/mol. The van der Waals surface area contributed by atoms with Gasteiger partial charge in [-0.3, -0.25) is 9.59 Å². The largest absolute Gasteiger partial charge is 0.481 e. The number of carboxylic acid groups (broad SMARTS) is 1. The number of hydrogen-bond acceptors (Lipinski definition) is 5. The molecule has 0 saturated carbocycles. The highest BCUT2D eigenvalue weighted by atomic mass is 16.6. The minimum absolute atomic E-state index is 0.0735. The predicted molar refractivity (Wildman–Crippen MR) is 69.7 cm³/mol. The van der Waals surface area contributed by atoms with Crippen LogP contribution in [0.3, 0.4) is 0 Å². The van der Waals surface area contributed by atoms with E-state index in [2.05, 4.69) is 11.3 Å². The summed E-state index contributed by atoms with van der Waals surface area (Å²) in [4.78, 5) is 33.8. The number of hydrogen-bond donors (Lipinski definition) is 1. The first kappa shape index (κ1) is 15.9. The zero-order valence-corrected chi connectivity index (χ0v) is 11.3. The van der Waals surface area contributed by atoms with Crippen molar-refractivity contribution < 1.29 is 29.0 Å². The maximum absolute atomic E-state index is 11.9. The third-order valence-corrected chi connectivity index (χ3v) is 3.07. The molecular formula is C14H18O6. The number of carboxylic acids is 1. The van der Waals surface area contributed by atoms with E-state index in [1.54, 1.807) is 6.08 Å². The average molecular weight is 282 g/mol. The number of carbonyl (C=O) groups is 3. The first-order valence-corrected chi connectivity index (χ1v) is 6.31. The summed E-state index contributed by atoms with van der Waals surface area (Å²) in [6, 6.07) is 0. The van der Waals surface area contributed by atoms with Crippen LogP contribution in [0.15, 0.2) is 24.3 Å². The van der Waals surface area contributed by atoms with Crippen LogP contribution in [0, 0.1) is 11.8 Å². The Labute approximate surface area is 117 Å². The highest BCUT2D eigenvalue weighted by Gasteiger charge is 2.35. The molecule has 0 aliphatic heterocycles. The molecule has 2 atom stereocenters. The van der Waals surface area contributed by atoms with E-state index in [0.717, 1.165) is 11.6 Å². The second-order valence-electron chi connectivity index (χ2n) is 4.56. The summed E-state index contributed by atoms with van der Waals surface area (Å²) < 4.78 is 9.61. The van der Waals surface area contributed by atoms with Crippen molar-refractivity contribution in [3.63, 3.8) is 0 Å². The van der Waals surface area contributed by atoms with Crippen molar-refractivity contribution in [3.05, 3.63) is 24.3 Å². The van der Waals surface area contributed by atoms with Crippen LogP contribution in [-0.4, -0.2) is 36.2 Å². The topological polar surface area (TPSA) is 89.9 Å². The van der Waals surface area contributed by atoms with Gasteiger partial charge in [0.05, 0.1) is 11.8 Å². The van der Waals surface area contributed by atoms with Crippen LogP contribution in [0.25, 0.3) is 0 Å². The van der Waals surface area contributed by atoms with Gasteiger partial charge in [-0.15, -0.1) is 0 Å². The first-order chi connectivity index (χ1) is 9.45. The Morgan fingerprint density at radius 3 is 2.65 bits per heavy atom. The lowest BCUT2D eigenvalue weighted by Crippen LogP contribution is -2.33. The van der Waals surface area contributed by atoms with Crippen molar-refractivity contribution >= 4 is 17.9 Å². The molecule has 1 rings (SSSR count). The molecule has 110 valence electrons. The van der Waals surface area contributed by atoms with E-state index < -0.39 is 29.7 Å². The lowest BCUT2D eigenvalue weighted by molar-refractivity contribution is -0.159. The Kier molecular flexibility index (Phi) is 5.96. The van der Waals surface area contributed by atoms with E-state index >= 15 is 0 Å². The minimum Gasteiger partial charge on any atom is -0.481 e. The predicted octanol–water partition coefficient (Wildman–Crippen LogP) is 1.32. The van der Waals surface area contributed by atoms with Crippen molar-refractivity contribution in [2.75, 3.05) is 13.2 Å². The highest BCUT2D eigenvalue weighted by molar-refractivity contribution is 5.83. The van der Waals surface area contributed by atoms with Crippen LogP contribution in [0.5, 0.6) is 0 Å². The molecule has 0 aromatic carbocycles. The molecule has 1 aliphatic carbocycles. The Balaban J connectivity index is 2.48. The molecular weight excluding hydrogens is 264 g/mol.